The Morgan fingerprint density at radius 3 is 2.55 bits per heavy atom. The van der Waals surface area contributed by atoms with E-state index >= 15 is 0 Å². The lowest BCUT2D eigenvalue weighted by Gasteiger charge is -2.07. The van der Waals surface area contributed by atoms with Crippen LogP contribution in [0.25, 0.3) is 0 Å². The number of ketones is 1. The highest BCUT2D eigenvalue weighted by Gasteiger charge is 2.39. The number of hydrogen-bond donors (Lipinski definition) is 1. The number of alkyl halides is 3. The average molecular weight is 290 g/mol. The molecule has 0 radical (unpaired) electrons. The zero-order valence-electron chi connectivity index (χ0n) is 11.3. The van der Waals surface area contributed by atoms with Crippen LogP contribution in [-0.4, -0.2) is 29.0 Å². The smallest absolute Gasteiger partial charge is 0.355 e. The molecule has 1 aromatic heterocycles. The van der Waals surface area contributed by atoms with E-state index in [9.17, 15) is 22.8 Å². The first kappa shape index (κ1) is 16.3. The maximum absolute atomic E-state index is 12.2. The van der Waals surface area contributed by atoms with E-state index < -0.39 is 17.5 Å². The number of amides is 1. The summed E-state index contributed by atoms with van der Waals surface area (Å²) in [5.41, 5.74) is -0.465. The van der Waals surface area contributed by atoms with Crippen LogP contribution in [0.3, 0.4) is 0 Å². The van der Waals surface area contributed by atoms with E-state index in [-0.39, 0.29) is 12.5 Å². The summed E-state index contributed by atoms with van der Waals surface area (Å²) in [5, 5.41) is 2.66. The van der Waals surface area contributed by atoms with Gasteiger partial charge in [0.25, 0.3) is 5.78 Å². The Morgan fingerprint density at radius 1 is 1.35 bits per heavy atom. The van der Waals surface area contributed by atoms with Crippen molar-refractivity contribution >= 4 is 11.7 Å². The molecule has 0 aliphatic rings. The number of carbonyl (C=O) groups is 2. The number of Topliss-reactive ketones (excluding diaryl/α,β-unsaturated/α-hetero) is 1. The van der Waals surface area contributed by atoms with E-state index in [0.717, 1.165) is 18.7 Å². The van der Waals surface area contributed by atoms with Gasteiger partial charge in [0, 0.05) is 24.5 Å². The molecule has 112 valence electrons. The minimum atomic E-state index is -4.90. The summed E-state index contributed by atoms with van der Waals surface area (Å²) in [6, 6.07) is 1.05. The first-order chi connectivity index (χ1) is 9.20. The lowest BCUT2D eigenvalue weighted by Crippen LogP contribution is -2.28. The van der Waals surface area contributed by atoms with Crippen LogP contribution in [0.15, 0.2) is 18.5 Å². The maximum atomic E-state index is 12.2. The molecule has 1 N–H and O–H groups in total. The van der Waals surface area contributed by atoms with E-state index in [1.54, 1.807) is 0 Å². The zero-order chi connectivity index (χ0) is 15.3. The summed E-state index contributed by atoms with van der Waals surface area (Å²) in [6.07, 6.45) is -1.76. The van der Waals surface area contributed by atoms with Gasteiger partial charge in [0.1, 0.15) is 6.54 Å². The number of hydrogen-bond acceptors (Lipinski definition) is 2. The van der Waals surface area contributed by atoms with Gasteiger partial charge in [-0.3, -0.25) is 9.59 Å². The third kappa shape index (κ3) is 5.07. The predicted molar refractivity (Wildman–Crippen MR) is 67.3 cm³/mol. The van der Waals surface area contributed by atoms with E-state index in [1.165, 1.54) is 10.8 Å². The summed E-state index contributed by atoms with van der Waals surface area (Å²) in [4.78, 5) is 22.5. The molecule has 0 aliphatic heterocycles. The average Bonchev–Trinajstić information content (AvgIpc) is 2.74. The Kier molecular flexibility index (Phi) is 5.35. The molecule has 0 aromatic carbocycles. The van der Waals surface area contributed by atoms with Gasteiger partial charge in [0.2, 0.25) is 5.91 Å². The van der Waals surface area contributed by atoms with Gasteiger partial charge in [-0.05, 0) is 18.4 Å². The van der Waals surface area contributed by atoms with Crippen LogP contribution >= 0.6 is 0 Å². The van der Waals surface area contributed by atoms with Gasteiger partial charge < -0.3 is 9.88 Å². The van der Waals surface area contributed by atoms with Crippen LogP contribution in [0, 0.1) is 5.92 Å². The largest absolute Gasteiger partial charge is 0.454 e. The molecule has 0 bridgehead atoms. The summed E-state index contributed by atoms with van der Waals surface area (Å²) in [7, 11) is 0. The lowest BCUT2D eigenvalue weighted by molar-refractivity contribution is -0.121. The van der Waals surface area contributed by atoms with Crippen LogP contribution in [0.2, 0.25) is 0 Å². The second kappa shape index (κ2) is 6.58. The van der Waals surface area contributed by atoms with Crippen molar-refractivity contribution in [2.45, 2.75) is 33.0 Å². The van der Waals surface area contributed by atoms with Gasteiger partial charge in [-0.25, -0.2) is 0 Å². The van der Waals surface area contributed by atoms with Crippen molar-refractivity contribution in [2.75, 3.05) is 6.54 Å². The minimum Gasteiger partial charge on any atom is -0.355 e. The van der Waals surface area contributed by atoms with Gasteiger partial charge in [0.15, 0.2) is 0 Å². The summed E-state index contributed by atoms with van der Waals surface area (Å²) in [5.74, 6) is -1.75. The molecule has 0 saturated carbocycles. The Bertz CT molecular complexity index is 478. The SMILES string of the molecule is CC(C)CCNC(=O)Cn1ccc(C(=O)C(F)(F)F)c1. The second-order valence-corrected chi connectivity index (χ2v) is 4.93. The van der Waals surface area contributed by atoms with Crippen molar-refractivity contribution in [3.05, 3.63) is 24.0 Å². The molecule has 0 spiro atoms. The fraction of sp³-hybridized carbons (Fsp3) is 0.538. The van der Waals surface area contributed by atoms with Crippen molar-refractivity contribution in [2.24, 2.45) is 5.92 Å². The highest BCUT2D eigenvalue weighted by atomic mass is 19.4. The van der Waals surface area contributed by atoms with E-state index in [0.29, 0.717) is 12.5 Å². The highest BCUT2D eigenvalue weighted by molar-refractivity contribution is 6.00. The predicted octanol–water partition coefficient (Wildman–Crippen LogP) is 2.40. The zero-order valence-corrected chi connectivity index (χ0v) is 11.3. The van der Waals surface area contributed by atoms with Crippen LogP contribution in [-0.2, 0) is 11.3 Å². The Balaban J connectivity index is 2.52. The van der Waals surface area contributed by atoms with Crippen molar-refractivity contribution in [3.8, 4) is 0 Å². The topological polar surface area (TPSA) is 51.1 Å². The number of rotatable bonds is 6. The summed E-state index contributed by atoms with van der Waals surface area (Å²) in [6.45, 7) is 4.45. The molecule has 0 saturated heterocycles. The minimum absolute atomic E-state index is 0.108. The molecule has 1 amide bonds. The third-order valence-electron chi connectivity index (χ3n) is 2.64. The van der Waals surface area contributed by atoms with E-state index in [4.69, 9.17) is 0 Å². The van der Waals surface area contributed by atoms with Gasteiger partial charge >= 0.3 is 6.18 Å². The first-order valence-corrected chi connectivity index (χ1v) is 6.24. The standard InChI is InChI=1S/C13H17F3N2O2/c1-9(2)3-5-17-11(19)8-18-6-4-10(7-18)12(20)13(14,15)16/h4,6-7,9H,3,5,8H2,1-2H3,(H,17,19). The van der Waals surface area contributed by atoms with Crippen molar-refractivity contribution in [1.29, 1.82) is 0 Å². The third-order valence-corrected chi connectivity index (χ3v) is 2.64. The van der Waals surface area contributed by atoms with Crippen LogP contribution in [0.4, 0.5) is 13.2 Å². The fourth-order valence-corrected chi connectivity index (χ4v) is 1.56. The van der Waals surface area contributed by atoms with Gasteiger partial charge in [-0.15, -0.1) is 0 Å². The normalized spacial score (nSPS) is 11.7. The first-order valence-electron chi connectivity index (χ1n) is 6.24. The molecule has 1 heterocycles. The fourth-order valence-electron chi connectivity index (χ4n) is 1.56. The number of nitrogens with zero attached hydrogens (tertiary/aromatic N) is 1. The Morgan fingerprint density at radius 2 is 2.00 bits per heavy atom. The molecular weight excluding hydrogens is 273 g/mol. The lowest BCUT2D eigenvalue weighted by atomic mass is 10.1. The van der Waals surface area contributed by atoms with Gasteiger partial charge in [0.05, 0.1) is 0 Å². The van der Waals surface area contributed by atoms with E-state index in [2.05, 4.69) is 5.32 Å². The molecule has 0 fully saturated rings. The summed E-state index contributed by atoms with van der Waals surface area (Å²) < 4.78 is 37.9. The Hall–Kier alpha value is -1.79. The quantitative estimate of drug-likeness (QED) is 0.818. The van der Waals surface area contributed by atoms with Crippen molar-refractivity contribution < 1.29 is 22.8 Å². The number of halogens is 3. The molecule has 4 nitrogen and oxygen atoms in total. The molecule has 1 aromatic rings. The highest BCUT2D eigenvalue weighted by Crippen LogP contribution is 2.21. The molecule has 1 rings (SSSR count). The number of nitrogens with one attached hydrogen (secondary N) is 1. The molecule has 0 atom stereocenters. The maximum Gasteiger partial charge on any atom is 0.454 e. The second-order valence-electron chi connectivity index (χ2n) is 4.93. The monoisotopic (exact) mass is 290 g/mol. The van der Waals surface area contributed by atoms with E-state index in [1.807, 2.05) is 13.8 Å². The molecule has 20 heavy (non-hydrogen) atoms. The van der Waals surface area contributed by atoms with Crippen LogP contribution < -0.4 is 5.32 Å². The number of aromatic nitrogens is 1. The number of carbonyl (C=O) groups excluding carboxylic acids is 2. The molecule has 0 aliphatic carbocycles. The van der Waals surface area contributed by atoms with Crippen molar-refractivity contribution in [3.63, 3.8) is 0 Å². The molecule has 0 unspecified atom stereocenters. The van der Waals surface area contributed by atoms with Crippen LogP contribution in [0.1, 0.15) is 30.6 Å². The Labute approximate surface area is 115 Å². The van der Waals surface area contributed by atoms with Crippen LogP contribution in [0.5, 0.6) is 0 Å². The summed E-state index contributed by atoms with van der Waals surface area (Å²) >= 11 is 0. The molecular formula is C13H17F3N2O2. The molecule has 7 heteroatoms. The van der Waals surface area contributed by atoms with Crippen molar-refractivity contribution in [1.82, 2.24) is 9.88 Å². The van der Waals surface area contributed by atoms with Gasteiger partial charge in [-0.1, -0.05) is 13.8 Å². The van der Waals surface area contributed by atoms with Gasteiger partial charge in [-0.2, -0.15) is 13.2 Å².